The zero-order valence-electron chi connectivity index (χ0n) is 18.1. The van der Waals surface area contributed by atoms with E-state index in [1.807, 2.05) is 16.5 Å². The zero-order valence-corrected chi connectivity index (χ0v) is 18.1. The number of hydrogen-bond donors (Lipinski definition) is 1. The maximum Gasteiger partial charge on any atom is 0.289 e. The first kappa shape index (κ1) is 20.6. The summed E-state index contributed by atoms with van der Waals surface area (Å²) in [4.78, 5) is 27.2. The van der Waals surface area contributed by atoms with Gasteiger partial charge in [0.15, 0.2) is 0 Å². The van der Waals surface area contributed by atoms with Gasteiger partial charge in [-0.3, -0.25) is 14.3 Å². The lowest BCUT2D eigenvalue weighted by molar-refractivity contribution is 0.0460. The number of amides is 2. The van der Waals surface area contributed by atoms with E-state index in [-0.39, 0.29) is 17.2 Å². The fraction of sp³-hybridized carbons (Fsp3) is 0.667. The highest BCUT2D eigenvalue weighted by Gasteiger charge is 2.41. The van der Waals surface area contributed by atoms with Crippen LogP contribution in [0.5, 0.6) is 0 Å². The van der Waals surface area contributed by atoms with Crippen LogP contribution in [0.2, 0.25) is 0 Å². The SMILES string of the molecule is CC(C)CCNC(=O)c1nnc2n1CC1(CC2)CCN(C(=O)c2ccn(C)n2)CC1. The van der Waals surface area contributed by atoms with Gasteiger partial charge in [0.25, 0.3) is 11.8 Å². The van der Waals surface area contributed by atoms with Gasteiger partial charge >= 0.3 is 0 Å². The molecule has 1 spiro atoms. The maximum atomic E-state index is 12.7. The van der Waals surface area contributed by atoms with E-state index in [1.165, 1.54) is 0 Å². The van der Waals surface area contributed by atoms with Crippen LogP contribution >= 0.6 is 0 Å². The lowest BCUT2D eigenvalue weighted by Gasteiger charge is -2.44. The van der Waals surface area contributed by atoms with Gasteiger partial charge in [-0.15, -0.1) is 10.2 Å². The largest absolute Gasteiger partial charge is 0.349 e. The number of likely N-dealkylation sites (tertiary alicyclic amines) is 1. The molecule has 0 radical (unpaired) electrons. The molecule has 2 aromatic heterocycles. The molecular weight excluding hydrogens is 382 g/mol. The monoisotopic (exact) mass is 413 g/mol. The Balaban J connectivity index is 1.40. The molecule has 1 saturated heterocycles. The molecule has 1 fully saturated rings. The summed E-state index contributed by atoms with van der Waals surface area (Å²) in [5.41, 5.74) is 0.585. The van der Waals surface area contributed by atoms with Crippen molar-refractivity contribution < 1.29 is 9.59 Å². The molecule has 0 unspecified atom stereocenters. The number of fused-ring (bicyclic) bond motifs is 1. The molecular formula is C21H31N7O2. The Morgan fingerprint density at radius 3 is 2.63 bits per heavy atom. The standard InChI is InChI=1S/C21H31N7O2/c1-15(2)5-10-22-19(29)18-24-23-17-4-7-21(14-28(17)18)8-12-27(13-9-21)20(30)16-6-11-26(3)25-16/h6,11,15H,4-5,7-10,12-14H2,1-3H3,(H,22,29). The van der Waals surface area contributed by atoms with Crippen molar-refractivity contribution in [2.45, 2.75) is 52.5 Å². The van der Waals surface area contributed by atoms with Crippen LogP contribution in [0.1, 0.15) is 66.5 Å². The summed E-state index contributed by atoms with van der Waals surface area (Å²) in [7, 11) is 1.82. The molecule has 4 rings (SSSR count). The molecule has 4 heterocycles. The van der Waals surface area contributed by atoms with Crippen LogP contribution in [0.3, 0.4) is 0 Å². The number of aromatic nitrogens is 5. The Labute approximate surface area is 176 Å². The van der Waals surface area contributed by atoms with E-state index in [2.05, 4.69) is 34.5 Å². The fourth-order valence-corrected chi connectivity index (χ4v) is 4.48. The third-order valence-corrected chi connectivity index (χ3v) is 6.45. The Morgan fingerprint density at radius 1 is 1.20 bits per heavy atom. The Kier molecular flexibility index (Phi) is 5.62. The van der Waals surface area contributed by atoms with E-state index in [1.54, 1.807) is 16.9 Å². The van der Waals surface area contributed by atoms with Crippen LogP contribution in [-0.4, -0.2) is 60.9 Å². The normalized spacial score (nSPS) is 17.9. The van der Waals surface area contributed by atoms with Crippen LogP contribution in [0.15, 0.2) is 12.3 Å². The molecule has 0 saturated carbocycles. The van der Waals surface area contributed by atoms with Crippen LogP contribution < -0.4 is 5.32 Å². The van der Waals surface area contributed by atoms with E-state index >= 15 is 0 Å². The summed E-state index contributed by atoms with van der Waals surface area (Å²) in [6.45, 7) is 7.09. The van der Waals surface area contributed by atoms with E-state index < -0.39 is 0 Å². The number of rotatable bonds is 5. The summed E-state index contributed by atoms with van der Waals surface area (Å²) in [6, 6.07) is 1.76. The van der Waals surface area contributed by atoms with Gasteiger partial charge in [-0.05, 0) is 43.1 Å². The van der Waals surface area contributed by atoms with E-state index in [9.17, 15) is 9.59 Å². The number of nitrogens with one attached hydrogen (secondary N) is 1. The molecule has 30 heavy (non-hydrogen) atoms. The Bertz CT molecular complexity index is 922. The third-order valence-electron chi connectivity index (χ3n) is 6.45. The Hall–Kier alpha value is -2.71. The highest BCUT2D eigenvalue weighted by atomic mass is 16.2. The Morgan fingerprint density at radius 2 is 1.97 bits per heavy atom. The van der Waals surface area contributed by atoms with Crippen molar-refractivity contribution in [2.24, 2.45) is 18.4 Å². The third kappa shape index (κ3) is 4.11. The second-order valence-electron chi connectivity index (χ2n) is 9.13. The predicted octanol–water partition coefficient (Wildman–Crippen LogP) is 1.66. The van der Waals surface area contributed by atoms with Crippen molar-refractivity contribution in [3.05, 3.63) is 29.6 Å². The second kappa shape index (κ2) is 8.20. The molecule has 2 aromatic rings. The van der Waals surface area contributed by atoms with Gasteiger partial charge in [0.05, 0.1) is 0 Å². The van der Waals surface area contributed by atoms with Crippen LogP contribution in [0, 0.1) is 11.3 Å². The second-order valence-corrected chi connectivity index (χ2v) is 9.13. The summed E-state index contributed by atoms with van der Waals surface area (Å²) >= 11 is 0. The summed E-state index contributed by atoms with van der Waals surface area (Å²) < 4.78 is 3.66. The topological polar surface area (TPSA) is 97.9 Å². The lowest BCUT2D eigenvalue weighted by Crippen LogP contribution is -2.47. The number of carbonyl (C=O) groups is 2. The van der Waals surface area contributed by atoms with Crippen molar-refractivity contribution in [3.8, 4) is 0 Å². The van der Waals surface area contributed by atoms with Gasteiger partial charge in [-0.2, -0.15) is 5.10 Å². The van der Waals surface area contributed by atoms with Crippen molar-refractivity contribution >= 4 is 11.8 Å². The van der Waals surface area contributed by atoms with Crippen LogP contribution in [-0.2, 0) is 20.0 Å². The zero-order chi connectivity index (χ0) is 21.3. The van der Waals surface area contributed by atoms with E-state index in [0.717, 1.165) is 44.5 Å². The van der Waals surface area contributed by atoms with Gasteiger partial charge < -0.3 is 14.8 Å². The highest BCUT2D eigenvalue weighted by Crippen LogP contribution is 2.41. The van der Waals surface area contributed by atoms with Crippen molar-refractivity contribution in [3.63, 3.8) is 0 Å². The first-order valence-corrected chi connectivity index (χ1v) is 10.9. The molecule has 9 nitrogen and oxygen atoms in total. The van der Waals surface area contributed by atoms with Crippen molar-refractivity contribution in [2.75, 3.05) is 19.6 Å². The van der Waals surface area contributed by atoms with Gasteiger partial charge in [0.2, 0.25) is 5.82 Å². The summed E-state index contributed by atoms with van der Waals surface area (Å²) in [5.74, 6) is 1.70. The van der Waals surface area contributed by atoms with Gasteiger partial charge in [-0.25, -0.2) is 0 Å². The number of piperidine rings is 1. The average molecular weight is 414 g/mol. The highest BCUT2D eigenvalue weighted by molar-refractivity contribution is 5.92. The molecule has 0 atom stereocenters. The number of nitrogens with zero attached hydrogens (tertiary/aromatic N) is 6. The molecule has 162 valence electrons. The van der Waals surface area contributed by atoms with Gasteiger partial charge in [0, 0.05) is 45.8 Å². The lowest BCUT2D eigenvalue weighted by atomic mass is 9.73. The molecule has 0 aliphatic carbocycles. The van der Waals surface area contributed by atoms with E-state index in [4.69, 9.17) is 0 Å². The van der Waals surface area contributed by atoms with Crippen molar-refractivity contribution in [1.29, 1.82) is 0 Å². The minimum absolute atomic E-state index is 0.00327. The number of aryl methyl sites for hydroxylation is 2. The van der Waals surface area contributed by atoms with Gasteiger partial charge in [0.1, 0.15) is 11.5 Å². The van der Waals surface area contributed by atoms with Crippen LogP contribution in [0.25, 0.3) is 0 Å². The smallest absolute Gasteiger partial charge is 0.289 e. The minimum atomic E-state index is -0.144. The van der Waals surface area contributed by atoms with Crippen molar-refractivity contribution in [1.82, 2.24) is 34.8 Å². The molecule has 9 heteroatoms. The maximum absolute atomic E-state index is 12.7. The van der Waals surface area contributed by atoms with Gasteiger partial charge in [-0.1, -0.05) is 13.8 Å². The molecule has 2 aliphatic heterocycles. The molecule has 0 aromatic carbocycles. The fourth-order valence-electron chi connectivity index (χ4n) is 4.48. The molecule has 2 aliphatic rings. The number of carbonyl (C=O) groups excluding carboxylic acids is 2. The minimum Gasteiger partial charge on any atom is -0.349 e. The van der Waals surface area contributed by atoms with Crippen LogP contribution in [0.4, 0.5) is 0 Å². The summed E-state index contributed by atoms with van der Waals surface area (Å²) in [6.07, 6.45) is 6.40. The predicted molar refractivity (Wildman–Crippen MR) is 111 cm³/mol. The summed E-state index contributed by atoms with van der Waals surface area (Å²) in [5, 5.41) is 15.7. The molecule has 2 amide bonds. The molecule has 0 bridgehead atoms. The first-order chi connectivity index (χ1) is 14.4. The first-order valence-electron chi connectivity index (χ1n) is 10.9. The number of hydrogen-bond acceptors (Lipinski definition) is 5. The molecule has 1 N–H and O–H groups in total. The van der Waals surface area contributed by atoms with E-state index in [0.29, 0.717) is 37.1 Å². The average Bonchev–Trinajstić information content (AvgIpc) is 3.33. The quantitative estimate of drug-likeness (QED) is 0.804.